The highest BCUT2D eigenvalue weighted by atomic mass is 16.5. The highest BCUT2D eigenvalue weighted by molar-refractivity contribution is 5.76. The topological polar surface area (TPSA) is 121 Å². The number of benzene rings is 1. The van der Waals surface area contributed by atoms with Crippen LogP contribution in [-0.4, -0.2) is 46.5 Å². The minimum atomic E-state index is 0.252. The molecule has 0 aliphatic heterocycles. The number of methoxy groups -OCH3 is 1. The molecular formula is C21H25N7O2. The quantitative estimate of drug-likeness (QED) is 0.438. The Morgan fingerprint density at radius 3 is 2.70 bits per heavy atom. The van der Waals surface area contributed by atoms with Crippen LogP contribution in [0.25, 0.3) is 11.3 Å². The molecule has 3 rings (SSSR count). The lowest BCUT2D eigenvalue weighted by atomic mass is 10.1. The van der Waals surface area contributed by atoms with Gasteiger partial charge in [0, 0.05) is 12.1 Å². The maximum atomic E-state index is 8.82. The molecule has 0 aliphatic carbocycles. The van der Waals surface area contributed by atoms with Crippen LogP contribution < -0.4 is 20.1 Å². The van der Waals surface area contributed by atoms with Crippen LogP contribution in [0.2, 0.25) is 0 Å². The Kier molecular flexibility index (Phi) is 7.19. The number of ether oxygens (including phenoxy) is 2. The third-order valence-corrected chi connectivity index (χ3v) is 4.21. The van der Waals surface area contributed by atoms with Crippen molar-refractivity contribution in [2.24, 2.45) is 0 Å². The molecule has 0 amide bonds. The van der Waals surface area contributed by atoms with Gasteiger partial charge in [-0.05, 0) is 25.1 Å². The van der Waals surface area contributed by atoms with Crippen LogP contribution in [-0.2, 0) is 0 Å². The van der Waals surface area contributed by atoms with Crippen molar-refractivity contribution >= 4 is 11.6 Å². The van der Waals surface area contributed by atoms with Gasteiger partial charge in [0.05, 0.1) is 37.4 Å². The zero-order valence-electron chi connectivity index (χ0n) is 17.3. The van der Waals surface area contributed by atoms with Crippen molar-refractivity contribution in [1.29, 1.82) is 5.26 Å². The molecule has 2 heterocycles. The Morgan fingerprint density at radius 1 is 1.17 bits per heavy atom. The molecule has 0 saturated heterocycles. The van der Waals surface area contributed by atoms with Crippen molar-refractivity contribution in [2.45, 2.75) is 26.3 Å². The molecule has 9 heteroatoms. The smallest absolute Gasteiger partial charge is 0.158 e. The molecule has 3 N–H and O–H groups in total. The highest BCUT2D eigenvalue weighted by Gasteiger charge is 2.16. The zero-order valence-corrected chi connectivity index (χ0v) is 17.3. The number of H-pyrrole nitrogens is 1. The second kappa shape index (κ2) is 10.2. The van der Waals surface area contributed by atoms with E-state index in [-0.39, 0.29) is 5.69 Å². The molecule has 0 fully saturated rings. The molecule has 0 unspecified atom stereocenters. The average molecular weight is 407 g/mol. The van der Waals surface area contributed by atoms with Crippen LogP contribution in [0.15, 0.2) is 36.7 Å². The Morgan fingerprint density at radius 2 is 2.00 bits per heavy atom. The third-order valence-electron chi connectivity index (χ3n) is 4.21. The van der Waals surface area contributed by atoms with E-state index in [0.717, 1.165) is 24.2 Å². The monoisotopic (exact) mass is 407 g/mol. The molecule has 0 bridgehead atoms. The van der Waals surface area contributed by atoms with Gasteiger partial charge in [0.2, 0.25) is 0 Å². The lowest BCUT2D eigenvalue weighted by molar-refractivity contribution is 0.305. The number of nitrogens with zero attached hydrogens (tertiary/aromatic N) is 4. The first-order chi connectivity index (χ1) is 14.6. The van der Waals surface area contributed by atoms with Crippen LogP contribution in [0.4, 0.5) is 11.6 Å². The standard InChI is InChI=1S/C21H25N7O2/c1-14(2)23-8-5-9-30-18-7-4-6-17(29-3)21(18)16-10-19(28-27-16)26-20-13-24-15(11-22)12-25-20/h4,6-7,10,12-14,23H,5,8-9H2,1-3H3,(H2,25,26,27,28). The van der Waals surface area contributed by atoms with Crippen LogP contribution >= 0.6 is 0 Å². The van der Waals surface area contributed by atoms with Gasteiger partial charge < -0.3 is 20.1 Å². The van der Waals surface area contributed by atoms with E-state index in [1.165, 1.54) is 12.4 Å². The number of aromatic nitrogens is 4. The van der Waals surface area contributed by atoms with Gasteiger partial charge in [0.25, 0.3) is 0 Å². The minimum absolute atomic E-state index is 0.252. The second-order valence-electron chi connectivity index (χ2n) is 6.83. The molecule has 0 saturated carbocycles. The molecule has 0 atom stereocenters. The summed E-state index contributed by atoms with van der Waals surface area (Å²) in [6.07, 6.45) is 3.77. The fraction of sp³-hybridized carbons (Fsp3) is 0.333. The summed E-state index contributed by atoms with van der Waals surface area (Å²) in [5.41, 5.74) is 1.79. The number of anilines is 2. The molecule has 3 aromatic rings. The zero-order chi connectivity index (χ0) is 21.3. The Balaban J connectivity index is 1.75. The summed E-state index contributed by atoms with van der Waals surface area (Å²) >= 11 is 0. The lowest BCUT2D eigenvalue weighted by Crippen LogP contribution is -2.24. The first kappa shape index (κ1) is 21.1. The van der Waals surface area contributed by atoms with Crippen molar-refractivity contribution < 1.29 is 9.47 Å². The van der Waals surface area contributed by atoms with Gasteiger partial charge in [-0.1, -0.05) is 19.9 Å². The molecule has 1 aromatic carbocycles. The number of hydrogen-bond donors (Lipinski definition) is 3. The number of nitrogens with one attached hydrogen (secondary N) is 3. The summed E-state index contributed by atoms with van der Waals surface area (Å²) in [5, 5.41) is 22.6. The number of aromatic amines is 1. The highest BCUT2D eigenvalue weighted by Crippen LogP contribution is 2.38. The second-order valence-corrected chi connectivity index (χ2v) is 6.83. The van der Waals surface area contributed by atoms with E-state index in [1.54, 1.807) is 7.11 Å². The Hall–Kier alpha value is -3.64. The molecule has 0 radical (unpaired) electrons. The maximum Gasteiger partial charge on any atom is 0.158 e. The van der Waals surface area contributed by atoms with Crippen molar-refractivity contribution in [3.63, 3.8) is 0 Å². The summed E-state index contributed by atoms with van der Waals surface area (Å²) in [5.74, 6) is 2.44. The summed E-state index contributed by atoms with van der Waals surface area (Å²) < 4.78 is 11.6. The number of nitriles is 1. The molecule has 156 valence electrons. The molecule has 0 spiro atoms. The van der Waals surface area contributed by atoms with Gasteiger partial charge in [-0.25, -0.2) is 9.97 Å². The summed E-state index contributed by atoms with van der Waals surface area (Å²) in [6, 6.07) is 9.91. The fourth-order valence-electron chi connectivity index (χ4n) is 2.81. The van der Waals surface area contributed by atoms with E-state index in [2.05, 4.69) is 44.6 Å². The molecule has 30 heavy (non-hydrogen) atoms. The largest absolute Gasteiger partial charge is 0.496 e. The molecule has 2 aromatic heterocycles. The summed E-state index contributed by atoms with van der Waals surface area (Å²) in [7, 11) is 1.62. The first-order valence-electron chi connectivity index (χ1n) is 9.69. The van der Waals surface area contributed by atoms with E-state index < -0.39 is 0 Å². The fourth-order valence-corrected chi connectivity index (χ4v) is 2.81. The normalized spacial score (nSPS) is 10.6. The summed E-state index contributed by atoms with van der Waals surface area (Å²) in [4.78, 5) is 8.13. The Bertz CT molecular complexity index is 993. The minimum Gasteiger partial charge on any atom is -0.496 e. The lowest BCUT2D eigenvalue weighted by Gasteiger charge is -2.14. The van der Waals surface area contributed by atoms with E-state index in [9.17, 15) is 0 Å². The van der Waals surface area contributed by atoms with Gasteiger partial charge in [0.1, 0.15) is 23.4 Å². The van der Waals surface area contributed by atoms with E-state index in [0.29, 0.717) is 35.8 Å². The van der Waals surface area contributed by atoms with Crippen LogP contribution in [0, 0.1) is 11.3 Å². The van der Waals surface area contributed by atoms with E-state index >= 15 is 0 Å². The third kappa shape index (κ3) is 5.46. The molecule has 0 aliphatic rings. The van der Waals surface area contributed by atoms with Crippen molar-refractivity contribution in [2.75, 3.05) is 25.6 Å². The van der Waals surface area contributed by atoms with Crippen molar-refractivity contribution in [3.05, 3.63) is 42.4 Å². The maximum absolute atomic E-state index is 8.82. The van der Waals surface area contributed by atoms with Crippen LogP contribution in [0.5, 0.6) is 11.5 Å². The number of hydrogen-bond acceptors (Lipinski definition) is 8. The predicted octanol–water partition coefficient (Wildman–Crippen LogP) is 3.26. The van der Waals surface area contributed by atoms with Gasteiger partial charge >= 0.3 is 0 Å². The van der Waals surface area contributed by atoms with E-state index in [4.69, 9.17) is 14.7 Å². The van der Waals surface area contributed by atoms with Crippen LogP contribution in [0.3, 0.4) is 0 Å². The number of rotatable bonds is 10. The van der Waals surface area contributed by atoms with Crippen molar-refractivity contribution in [3.8, 4) is 28.8 Å². The van der Waals surface area contributed by atoms with Gasteiger partial charge in [-0.2, -0.15) is 10.4 Å². The van der Waals surface area contributed by atoms with Crippen molar-refractivity contribution in [1.82, 2.24) is 25.5 Å². The SMILES string of the molecule is COc1cccc(OCCCNC(C)C)c1-c1cc(Nc2cnc(C#N)cn2)n[nH]1. The van der Waals surface area contributed by atoms with Gasteiger partial charge in [-0.3, -0.25) is 5.10 Å². The summed E-state index contributed by atoms with van der Waals surface area (Å²) in [6.45, 7) is 5.71. The Labute approximate surface area is 175 Å². The van der Waals surface area contributed by atoms with E-state index in [1.807, 2.05) is 30.3 Å². The van der Waals surface area contributed by atoms with Gasteiger partial charge in [-0.15, -0.1) is 0 Å². The van der Waals surface area contributed by atoms with Crippen LogP contribution in [0.1, 0.15) is 26.0 Å². The first-order valence-corrected chi connectivity index (χ1v) is 9.69. The average Bonchev–Trinajstić information content (AvgIpc) is 3.21. The molecular weight excluding hydrogens is 382 g/mol. The van der Waals surface area contributed by atoms with Gasteiger partial charge in [0.15, 0.2) is 11.5 Å². The predicted molar refractivity (Wildman–Crippen MR) is 114 cm³/mol. The molecule has 9 nitrogen and oxygen atoms in total.